The van der Waals surface area contributed by atoms with Gasteiger partial charge in [-0.3, -0.25) is 4.68 Å². The summed E-state index contributed by atoms with van der Waals surface area (Å²) in [6.07, 6.45) is 4.61. The van der Waals surface area contributed by atoms with Crippen molar-refractivity contribution in [3.8, 4) is 0 Å². The minimum atomic E-state index is -3.10. The van der Waals surface area contributed by atoms with Gasteiger partial charge in [-0.15, -0.1) is 0 Å². The summed E-state index contributed by atoms with van der Waals surface area (Å²) in [4.78, 5) is 0. The molecule has 0 radical (unpaired) electrons. The van der Waals surface area contributed by atoms with Crippen molar-refractivity contribution in [2.45, 2.75) is 37.5 Å². The van der Waals surface area contributed by atoms with E-state index < -0.39 is 14.6 Å². The summed E-state index contributed by atoms with van der Waals surface area (Å²) in [5.41, 5.74) is 1.11. The quantitative estimate of drug-likeness (QED) is 0.831. The normalized spacial score (nSPS) is 14.7. The van der Waals surface area contributed by atoms with E-state index in [1.165, 1.54) is 6.26 Å². The van der Waals surface area contributed by atoms with E-state index in [9.17, 15) is 8.42 Å². The Bertz CT molecular complexity index is 491. The first-order chi connectivity index (χ1) is 8.20. The van der Waals surface area contributed by atoms with Gasteiger partial charge in [0.15, 0.2) is 9.84 Å². The third kappa shape index (κ3) is 3.11. The van der Waals surface area contributed by atoms with Gasteiger partial charge in [0.25, 0.3) is 0 Å². The van der Waals surface area contributed by atoms with Gasteiger partial charge < -0.3 is 5.32 Å². The van der Waals surface area contributed by atoms with Crippen molar-refractivity contribution >= 4 is 9.84 Å². The molecule has 104 valence electrons. The second-order valence-corrected chi connectivity index (χ2v) is 7.80. The molecule has 1 aromatic rings. The minimum absolute atomic E-state index is 0.0811. The number of aromatic nitrogens is 2. The van der Waals surface area contributed by atoms with Crippen molar-refractivity contribution in [2.24, 2.45) is 7.05 Å². The first-order valence-corrected chi connectivity index (χ1v) is 7.93. The Morgan fingerprint density at radius 1 is 1.50 bits per heavy atom. The van der Waals surface area contributed by atoms with Crippen LogP contribution >= 0.6 is 0 Å². The monoisotopic (exact) mass is 273 g/mol. The molecule has 0 spiro atoms. The summed E-state index contributed by atoms with van der Waals surface area (Å²) in [5, 5.41) is 7.23. The molecule has 5 nitrogen and oxygen atoms in total. The molecule has 0 saturated heterocycles. The van der Waals surface area contributed by atoms with Crippen LogP contribution in [0.3, 0.4) is 0 Å². The molecular formula is C12H23N3O2S. The lowest BCUT2D eigenvalue weighted by Crippen LogP contribution is -2.50. The van der Waals surface area contributed by atoms with Crippen molar-refractivity contribution in [1.82, 2.24) is 15.1 Å². The highest BCUT2D eigenvalue weighted by molar-refractivity contribution is 7.92. The molecule has 1 unspecified atom stereocenters. The minimum Gasteiger partial charge on any atom is -0.315 e. The van der Waals surface area contributed by atoms with Gasteiger partial charge >= 0.3 is 0 Å². The van der Waals surface area contributed by atoms with E-state index in [0.717, 1.165) is 18.5 Å². The maximum atomic E-state index is 11.8. The van der Waals surface area contributed by atoms with Gasteiger partial charge in [-0.25, -0.2) is 8.42 Å². The van der Waals surface area contributed by atoms with E-state index in [2.05, 4.69) is 10.4 Å². The summed E-state index contributed by atoms with van der Waals surface area (Å²) in [6, 6.07) is 1.88. The molecule has 0 fully saturated rings. The number of sulfone groups is 1. The lowest BCUT2D eigenvalue weighted by molar-refractivity contribution is 0.408. The molecule has 0 aliphatic heterocycles. The predicted molar refractivity (Wildman–Crippen MR) is 73.3 cm³/mol. The SMILES string of the molecule is CNC(CCc1ccnn1C)C(C)(C)S(C)(=O)=O. The van der Waals surface area contributed by atoms with Crippen LogP contribution in [0.2, 0.25) is 0 Å². The summed E-state index contributed by atoms with van der Waals surface area (Å²) >= 11 is 0. The zero-order valence-electron chi connectivity index (χ0n) is 11.8. The second kappa shape index (κ2) is 5.40. The molecule has 0 saturated carbocycles. The average Bonchev–Trinajstić information content (AvgIpc) is 2.63. The topological polar surface area (TPSA) is 64.0 Å². The molecule has 1 heterocycles. The van der Waals surface area contributed by atoms with Crippen molar-refractivity contribution in [3.63, 3.8) is 0 Å². The van der Waals surface area contributed by atoms with Crippen LogP contribution in [-0.2, 0) is 23.3 Å². The maximum absolute atomic E-state index is 11.8. The van der Waals surface area contributed by atoms with Crippen LogP contribution in [0.25, 0.3) is 0 Å². The van der Waals surface area contributed by atoms with Crippen LogP contribution in [0.4, 0.5) is 0 Å². The number of nitrogens with one attached hydrogen (secondary N) is 1. The lowest BCUT2D eigenvalue weighted by atomic mass is 9.97. The average molecular weight is 273 g/mol. The molecule has 1 N–H and O–H groups in total. The highest BCUT2D eigenvalue weighted by atomic mass is 32.2. The van der Waals surface area contributed by atoms with E-state index >= 15 is 0 Å². The van der Waals surface area contributed by atoms with Crippen molar-refractivity contribution in [2.75, 3.05) is 13.3 Å². The zero-order chi connectivity index (χ0) is 14.0. The highest BCUT2D eigenvalue weighted by Gasteiger charge is 2.37. The van der Waals surface area contributed by atoms with E-state index in [4.69, 9.17) is 0 Å². The fourth-order valence-electron chi connectivity index (χ4n) is 2.04. The van der Waals surface area contributed by atoms with E-state index in [1.54, 1.807) is 27.1 Å². The van der Waals surface area contributed by atoms with Gasteiger partial charge in [-0.2, -0.15) is 5.10 Å². The van der Waals surface area contributed by atoms with Crippen molar-refractivity contribution in [1.29, 1.82) is 0 Å². The smallest absolute Gasteiger partial charge is 0.154 e. The van der Waals surface area contributed by atoms with Gasteiger partial charge in [0.2, 0.25) is 0 Å². The molecule has 6 heteroatoms. The Kier molecular flexibility index (Phi) is 4.55. The first-order valence-electron chi connectivity index (χ1n) is 6.04. The second-order valence-electron chi connectivity index (χ2n) is 5.20. The number of rotatable bonds is 6. The van der Waals surface area contributed by atoms with Gasteiger partial charge in [0.05, 0.1) is 4.75 Å². The Morgan fingerprint density at radius 3 is 2.50 bits per heavy atom. The van der Waals surface area contributed by atoms with Gasteiger partial charge in [0.1, 0.15) is 0 Å². The van der Waals surface area contributed by atoms with Crippen LogP contribution < -0.4 is 5.32 Å². The first kappa shape index (κ1) is 15.2. The van der Waals surface area contributed by atoms with Crippen molar-refractivity contribution in [3.05, 3.63) is 18.0 Å². The number of aryl methyl sites for hydroxylation is 2. The summed E-state index contributed by atoms with van der Waals surface area (Å²) in [6.45, 7) is 3.54. The summed E-state index contributed by atoms with van der Waals surface area (Å²) in [7, 11) is 0.601. The largest absolute Gasteiger partial charge is 0.315 e. The highest BCUT2D eigenvalue weighted by Crippen LogP contribution is 2.23. The van der Waals surface area contributed by atoms with Gasteiger partial charge in [-0.1, -0.05) is 0 Å². The standard InChI is InChI=1S/C12H23N3O2S/c1-12(2,18(5,16)17)11(13-3)7-6-10-8-9-14-15(10)4/h8-9,11,13H,6-7H2,1-5H3. The lowest BCUT2D eigenvalue weighted by Gasteiger charge is -2.32. The van der Waals surface area contributed by atoms with Crippen LogP contribution in [0.5, 0.6) is 0 Å². The number of hydrogen-bond acceptors (Lipinski definition) is 4. The van der Waals surface area contributed by atoms with Gasteiger partial charge in [0, 0.05) is 31.2 Å². The van der Waals surface area contributed by atoms with Gasteiger partial charge in [-0.05, 0) is 39.8 Å². The molecule has 0 aliphatic carbocycles. The molecule has 1 rings (SSSR count). The predicted octanol–water partition coefficient (Wildman–Crippen LogP) is 0.764. The Hall–Kier alpha value is -0.880. The summed E-state index contributed by atoms with van der Waals surface area (Å²) < 4.78 is 24.7. The molecule has 1 aromatic heterocycles. The summed E-state index contributed by atoms with van der Waals surface area (Å²) in [5.74, 6) is 0. The molecule has 0 bridgehead atoms. The van der Waals surface area contributed by atoms with Crippen LogP contribution in [0.1, 0.15) is 26.0 Å². The Labute approximate surface area is 109 Å². The van der Waals surface area contributed by atoms with Crippen LogP contribution in [0, 0.1) is 0 Å². The Morgan fingerprint density at radius 2 is 2.11 bits per heavy atom. The van der Waals surface area contributed by atoms with Crippen molar-refractivity contribution < 1.29 is 8.42 Å². The molecule has 0 aromatic carbocycles. The molecule has 18 heavy (non-hydrogen) atoms. The maximum Gasteiger partial charge on any atom is 0.154 e. The molecule has 0 aliphatic rings. The number of nitrogens with zero attached hydrogens (tertiary/aromatic N) is 2. The van der Waals surface area contributed by atoms with Crippen LogP contribution in [0.15, 0.2) is 12.3 Å². The molecular weight excluding hydrogens is 250 g/mol. The molecule has 0 amide bonds. The van der Waals surface area contributed by atoms with E-state index in [0.29, 0.717) is 0 Å². The third-order valence-corrected chi connectivity index (χ3v) is 5.95. The number of hydrogen-bond donors (Lipinski definition) is 1. The Balaban J connectivity index is 2.78. The van der Waals surface area contributed by atoms with E-state index in [-0.39, 0.29) is 6.04 Å². The van der Waals surface area contributed by atoms with E-state index in [1.807, 2.05) is 17.8 Å². The molecule has 1 atom stereocenters. The fourth-order valence-corrected chi connectivity index (χ4v) is 2.79. The zero-order valence-corrected chi connectivity index (χ0v) is 12.6. The fraction of sp³-hybridized carbons (Fsp3) is 0.750. The van der Waals surface area contributed by atoms with Crippen LogP contribution in [-0.4, -0.2) is 42.3 Å². The third-order valence-electron chi connectivity index (χ3n) is 3.75.